The summed E-state index contributed by atoms with van der Waals surface area (Å²) in [5.74, 6) is -2.12. The van der Waals surface area contributed by atoms with Crippen molar-refractivity contribution in [2.75, 3.05) is 0 Å². The maximum Gasteiger partial charge on any atom is 1.00 e. The number of aliphatic carboxylic acids is 1. The summed E-state index contributed by atoms with van der Waals surface area (Å²) in [4.78, 5) is 21.6. The Morgan fingerprint density at radius 3 is 2.18 bits per heavy atom. The topological polar surface area (TPSA) is 103 Å². The standard InChI is InChI=1S/C13H15NO4.C3H8.Rb/c14-13(12(17)18)6-5-10(7-13)8-1-3-9(4-2-8)11(15)16;1-3-2;/h1-4,10H,5-7,14H2,(H,15,16)(H,17,18);3H2,1-2H3;/q;;+1/p-1. The van der Waals surface area contributed by atoms with E-state index in [1.54, 1.807) is 12.1 Å². The molecule has 1 aliphatic carbocycles. The quantitative estimate of drug-likeness (QED) is 0.668. The van der Waals surface area contributed by atoms with Crippen LogP contribution in [0.1, 0.15) is 61.4 Å². The summed E-state index contributed by atoms with van der Waals surface area (Å²) in [5, 5.41) is 19.7. The van der Waals surface area contributed by atoms with Crippen LogP contribution in [0.15, 0.2) is 24.3 Å². The molecular weight excluding hydrogens is 356 g/mol. The van der Waals surface area contributed by atoms with Crippen LogP contribution in [0.3, 0.4) is 0 Å². The molecule has 22 heavy (non-hydrogen) atoms. The van der Waals surface area contributed by atoms with Gasteiger partial charge in [0.25, 0.3) is 0 Å². The fourth-order valence-corrected chi connectivity index (χ4v) is 2.45. The fraction of sp³-hybridized carbons (Fsp3) is 0.500. The number of hydrogen-bond acceptors (Lipinski definition) is 4. The molecule has 6 heteroatoms. The van der Waals surface area contributed by atoms with Crippen LogP contribution in [-0.4, -0.2) is 22.6 Å². The Bertz CT molecular complexity index is 503. The van der Waals surface area contributed by atoms with Gasteiger partial charge < -0.3 is 20.7 Å². The minimum Gasteiger partial charge on any atom is -0.545 e. The molecule has 0 heterocycles. The van der Waals surface area contributed by atoms with Crippen LogP contribution >= 0.6 is 0 Å². The molecule has 0 radical (unpaired) electrons. The van der Waals surface area contributed by atoms with Gasteiger partial charge in [-0.15, -0.1) is 0 Å². The smallest absolute Gasteiger partial charge is 0.545 e. The zero-order chi connectivity index (χ0) is 16.0. The Labute approximate surface area is 180 Å². The van der Waals surface area contributed by atoms with Crippen LogP contribution in [-0.2, 0) is 4.79 Å². The van der Waals surface area contributed by atoms with Crippen molar-refractivity contribution in [1.29, 1.82) is 0 Å². The molecule has 1 aromatic carbocycles. The van der Waals surface area contributed by atoms with Gasteiger partial charge in [0.15, 0.2) is 0 Å². The van der Waals surface area contributed by atoms with Gasteiger partial charge in [0.2, 0.25) is 0 Å². The van der Waals surface area contributed by atoms with E-state index in [0.29, 0.717) is 19.3 Å². The number of carbonyl (C=O) groups is 2. The Morgan fingerprint density at radius 1 is 1.32 bits per heavy atom. The largest absolute Gasteiger partial charge is 1.00 e. The van der Waals surface area contributed by atoms with Crippen LogP contribution in [0.5, 0.6) is 0 Å². The van der Waals surface area contributed by atoms with Crippen molar-refractivity contribution in [2.24, 2.45) is 5.73 Å². The van der Waals surface area contributed by atoms with Crippen molar-refractivity contribution in [3.8, 4) is 0 Å². The maximum absolute atomic E-state index is 11.0. The van der Waals surface area contributed by atoms with Crippen LogP contribution in [0.25, 0.3) is 0 Å². The zero-order valence-corrected chi connectivity index (χ0v) is 18.4. The molecule has 2 atom stereocenters. The van der Waals surface area contributed by atoms with Crippen LogP contribution < -0.4 is 69.0 Å². The Morgan fingerprint density at radius 2 is 1.82 bits per heavy atom. The SMILES string of the molecule is CCC.NC1(C(=O)O)CCC(c2ccc(C(=O)[O-])cc2)C1.[Rb+]. The fourth-order valence-electron chi connectivity index (χ4n) is 2.45. The molecule has 0 aliphatic heterocycles. The van der Waals surface area contributed by atoms with Gasteiger partial charge in [0.1, 0.15) is 5.54 Å². The summed E-state index contributed by atoms with van der Waals surface area (Å²) in [5.41, 5.74) is 5.69. The number of rotatable bonds is 3. The van der Waals surface area contributed by atoms with Gasteiger partial charge >= 0.3 is 64.2 Å². The molecule has 1 fully saturated rings. The molecular formula is C16H22NO4Rb. The number of nitrogens with two attached hydrogens (primary N) is 1. The van der Waals surface area contributed by atoms with Gasteiger partial charge in [-0.25, -0.2) is 0 Å². The molecule has 3 N–H and O–H groups in total. The number of carboxylic acids is 2. The van der Waals surface area contributed by atoms with Gasteiger partial charge in [-0.1, -0.05) is 44.5 Å². The third kappa shape index (κ3) is 5.85. The van der Waals surface area contributed by atoms with E-state index in [1.807, 2.05) is 0 Å². The molecule has 1 aromatic rings. The second-order valence-electron chi connectivity index (χ2n) is 5.52. The van der Waals surface area contributed by atoms with Crippen LogP contribution in [0.4, 0.5) is 0 Å². The van der Waals surface area contributed by atoms with Crippen molar-refractivity contribution in [3.05, 3.63) is 35.4 Å². The van der Waals surface area contributed by atoms with Gasteiger partial charge in [-0.05, 0) is 36.3 Å². The molecule has 1 aliphatic rings. The van der Waals surface area contributed by atoms with E-state index >= 15 is 0 Å². The first-order chi connectivity index (χ1) is 9.84. The minimum atomic E-state index is -1.22. The van der Waals surface area contributed by atoms with Crippen LogP contribution in [0, 0.1) is 0 Å². The van der Waals surface area contributed by atoms with Gasteiger partial charge in [0, 0.05) is 0 Å². The Balaban J connectivity index is 0.00000102. The van der Waals surface area contributed by atoms with E-state index in [1.165, 1.54) is 18.6 Å². The number of aromatic carboxylic acids is 1. The number of hydrogen-bond donors (Lipinski definition) is 2. The molecule has 2 unspecified atom stereocenters. The Hall–Kier alpha value is -0.0748. The van der Waals surface area contributed by atoms with E-state index in [4.69, 9.17) is 10.8 Å². The van der Waals surface area contributed by atoms with Crippen LogP contribution in [0.2, 0.25) is 0 Å². The molecule has 0 aromatic heterocycles. The summed E-state index contributed by atoms with van der Waals surface area (Å²) in [6, 6.07) is 6.34. The first-order valence-corrected chi connectivity index (χ1v) is 7.17. The van der Waals surface area contributed by atoms with Gasteiger partial charge in [0.05, 0.1) is 5.97 Å². The molecule has 1 saturated carbocycles. The number of carboxylic acid groups (broad SMARTS) is 2. The average molecular weight is 378 g/mol. The predicted octanol–water partition coefficient (Wildman–Crippen LogP) is -1.48. The van der Waals surface area contributed by atoms with E-state index < -0.39 is 17.5 Å². The molecule has 2 rings (SSSR count). The molecule has 0 saturated heterocycles. The molecule has 116 valence electrons. The third-order valence-electron chi connectivity index (χ3n) is 3.59. The average Bonchev–Trinajstić information content (AvgIpc) is 2.84. The van der Waals surface area contributed by atoms with E-state index in [2.05, 4.69) is 13.8 Å². The van der Waals surface area contributed by atoms with Crippen molar-refractivity contribution >= 4 is 11.9 Å². The summed E-state index contributed by atoms with van der Waals surface area (Å²) >= 11 is 0. The third-order valence-corrected chi connectivity index (χ3v) is 3.59. The van der Waals surface area contributed by atoms with Crippen molar-refractivity contribution < 1.29 is 78.0 Å². The second kappa shape index (κ2) is 9.93. The monoisotopic (exact) mass is 377 g/mol. The van der Waals surface area contributed by atoms with Crippen molar-refractivity contribution in [1.82, 2.24) is 0 Å². The summed E-state index contributed by atoms with van der Waals surface area (Å²) < 4.78 is 0. The normalized spacial score (nSPS) is 23.0. The summed E-state index contributed by atoms with van der Waals surface area (Å²) in [7, 11) is 0. The zero-order valence-electron chi connectivity index (χ0n) is 13.5. The first kappa shape index (κ1) is 21.9. The maximum atomic E-state index is 11.0. The molecule has 5 nitrogen and oxygen atoms in total. The van der Waals surface area contributed by atoms with Crippen molar-refractivity contribution in [3.63, 3.8) is 0 Å². The summed E-state index contributed by atoms with van der Waals surface area (Å²) in [6.45, 7) is 4.25. The molecule has 0 spiro atoms. The molecule has 0 bridgehead atoms. The number of benzene rings is 1. The van der Waals surface area contributed by atoms with Gasteiger partial charge in [-0.2, -0.15) is 0 Å². The van der Waals surface area contributed by atoms with E-state index in [0.717, 1.165) is 5.56 Å². The predicted molar refractivity (Wildman–Crippen MR) is 77.9 cm³/mol. The Kier molecular flexibility index (Phi) is 9.90. The van der Waals surface area contributed by atoms with Gasteiger partial charge in [-0.3, -0.25) is 4.79 Å². The van der Waals surface area contributed by atoms with E-state index in [-0.39, 0.29) is 69.7 Å². The number of carbonyl (C=O) groups excluding carboxylic acids is 1. The minimum absolute atomic E-state index is 0. The van der Waals surface area contributed by atoms with Crippen molar-refractivity contribution in [2.45, 2.75) is 51.0 Å². The summed E-state index contributed by atoms with van der Waals surface area (Å²) in [6.07, 6.45) is 2.77. The second-order valence-corrected chi connectivity index (χ2v) is 5.52. The first-order valence-electron chi connectivity index (χ1n) is 7.17. The van der Waals surface area contributed by atoms with E-state index in [9.17, 15) is 14.7 Å². The molecule has 0 amide bonds.